The predicted octanol–water partition coefficient (Wildman–Crippen LogP) is 4.90. The predicted molar refractivity (Wildman–Crippen MR) is 120 cm³/mol. The number of halogens is 3. The van der Waals surface area contributed by atoms with Crippen molar-refractivity contribution in [2.45, 2.75) is 38.0 Å². The molecule has 3 aromatic rings. The van der Waals surface area contributed by atoms with Gasteiger partial charge in [0.1, 0.15) is 6.10 Å². The van der Waals surface area contributed by atoms with Gasteiger partial charge in [0.05, 0.1) is 24.8 Å². The number of hydrogen-bond donors (Lipinski definition) is 1. The minimum Gasteiger partial charge on any atom is -0.442 e. The third-order valence-corrected chi connectivity index (χ3v) is 6.39. The van der Waals surface area contributed by atoms with Crippen LogP contribution in [0, 0.1) is 0 Å². The second-order valence-corrected chi connectivity index (χ2v) is 8.72. The molecule has 2 aromatic carbocycles. The molecule has 2 amide bonds. The van der Waals surface area contributed by atoms with Crippen molar-refractivity contribution in [1.29, 1.82) is 0 Å². The Balaban J connectivity index is 1.43. The van der Waals surface area contributed by atoms with Crippen LogP contribution >= 0.6 is 0 Å². The Morgan fingerprint density at radius 3 is 2.83 bits per heavy atom. The fourth-order valence-corrected chi connectivity index (χ4v) is 4.71. The summed E-state index contributed by atoms with van der Waals surface area (Å²) in [6.45, 7) is 1.91. The summed E-state index contributed by atoms with van der Waals surface area (Å²) in [5.41, 5.74) is 2.90. The van der Waals surface area contributed by atoms with Crippen molar-refractivity contribution in [1.82, 2.24) is 10.5 Å². The van der Waals surface area contributed by atoms with Crippen LogP contribution in [0.2, 0.25) is 0 Å². The molecule has 35 heavy (non-hydrogen) atoms. The van der Waals surface area contributed by atoms with Gasteiger partial charge in [0.2, 0.25) is 5.91 Å². The molecule has 2 unspecified atom stereocenters. The van der Waals surface area contributed by atoms with Crippen LogP contribution in [0.1, 0.15) is 41.5 Å². The number of nitrogens with one attached hydrogen (secondary N) is 1. The highest BCUT2D eigenvalue weighted by Crippen LogP contribution is 2.43. The van der Waals surface area contributed by atoms with Gasteiger partial charge in [0, 0.05) is 29.7 Å². The Kier molecular flexibility index (Phi) is 5.74. The Hall–Kier alpha value is -3.82. The number of nitrogens with zero attached hydrogens (tertiary/aromatic N) is 2. The number of hydrogen-bond acceptors (Lipinski definition) is 5. The lowest BCUT2D eigenvalue weighted by Crippen LogP contribution is -2.33. The first-order valence-electron chi connectivity index (χ1n) is 11.2. The zero-order valence-electron chi connectivity index (χ0n) is 18.8. The summed E-state index contributed by atoms with van der Waals surface area (Å²) in [7, 11) is 0. The molecule has 1 aliphatic carbocycles. The zero-order valence-corrected chi connectivity index (χ0v) is 18.8. The van der Waals surface area contributed by atoms with Crippen LogP contribution in [0.25, 0.3) is 11.3 Å². The van der Waals surface area contributed by atoms with Gasteiger partial charge in [0.15, 0.2) is 5.76 Å². The Labute approximate surface area is 198 Å². The van der Waals surface area contributed by atoms with E-state index < -0.39 is 23.9 Å². The maximum atomic E-state index is 13.3. The topological polar surface area (TPSA) is 84.7 Å². The molecular weight excluding hydrogens is 463 g/mol. The van der Waals surface area contributed by atoms with Crippen LogP contribution in [0.5, 0.6) is 0 Å². The van der Waals surface area contributed by atoms with E-state index in [1.165, 1.54) is 24.0 Å². The van der Waals surface area contributed by atoms with E-state index in [0.29, 0.717) is 29.9 Å². The Bertz CT molecular complexity index is 1290. The highest BCUT2D eigenvalue weighted by molar-refractivity contribution is 5.90. The van der Waals surface area contributed by atoms with Crippen molar-refractivity contribution >= 4 is 17.7 Å². The van der Waals surface area contributed by atoms with Gasteiger partial charge in [-0.2, -0.15) is 13.2 Å². The van der Waals surface area contributed by atoms with Gasteiger partial charge in [-0.1, -0.05) is 23.4 Å². The summed E-state index contributed by atoms with van der Waals surface area (Å²) in [5, 5.41) is 6.58. The van der Waals surface area contributed by atoms with Crippen molar-refractivity contribution in [3.63, 3.8) is 0 Å². The molecule has 1 saturated heterocycles. The molecule has 1 aromatic heterocycles. The number of aryl methyl sites for hydroxylation is 1. The molecule has 1 fully saturated rings. The second-order valence-electron chi connectivity index (χ2n) is 8.72. The van der Waals surface area contributed by atoms with Gasteiger partial charge in [-0.25, -0.2) is 4.79 Å². The van der Waals surface area contributed by atoms with Gasteiger partial charge in [-0.15, -0.1) is 0 Å². The van der Waals surface area contributed by atoms with Crippen molar-refractivity contribution in [3.05, 3.63) is 70.9 Å². The molecule has 2 aliphatic rings. The van der Waals surface area contributed by atoms with Crippen LogP contribution in [-0.4, -0.2) is 36.4 Å². The lowest BCUT2D eigenvalue weighted by Gasteiger charge is -2.17. The van der Waals surface area contributed by atoms with Crippen molar-refractivity contribution < 1.29 is 32.0 Å². The number of rotatable bonds is 4. The van der Waals surface area contributed by atoms with Gasteiger partial charge in [-0.05, 0) is 48.2 Å². The largest absolute Gasteiger partial charge is 0.442 e. The summed E-state index contributed by atoms with van der Waals surface area (Å²) in [5.74, 6) is -0.0186. The van der Waals surface area contributed by atoms with Crippen molar-refractivity contribution in [2.24, 2.45) is 0 Å². The van der Waals surface area contributed by atoms with Crippen molar-refractivity contribution in [2.75, 3.05) is 18.0 Å². The van der Waals surface area contributed by atoms with E-state index in [2.05, 4.69) is 10.5 Å². The highest BCUT2D eigenvalue weighted by Gasteiger charge is 2.35. The minimum atomic E-state index is -4.43. The smallest absolute Gasteiger partial charge is 0.416 e. The first-order chi connectivity index (χ1) is 16.7. The third kappa shape index (κ3) is 4.48. The molecule has 2 atom stereocenters. The first kappa shape index (κ1) is 22.9. The van der Waals surface area contributed by atoms with Crippen LogP contribution in [0.4, 0.5) is 23.7 Å². The minimum absolute atomic E-state index is 0.206. The number of carbonyl (C=O) groups excluding carboxylic acids is 2. The summed E-state index contributed by atoms with van der Waals surface area (Å²) in [4.78, 5) is 25.1. The number of amides is 2. The van der Waals surface area contributed by atoms with E-state index >= 15 is 0 Å². The number of aromatic nitrogens is 1. The van der Waals surface area contributed by atoms with Crippen LogP contribution in [0.15, 0.2) is 53.2 Å². The molecule has 0 saturated carbocycles. The monoisotopic (exact) mass is 485 g/mol. The normalized spacial score (nSPS) is 19.5. The molecule has 2 heterocycles. The summed E-state index contributed by atoms with van der Waals surface area (Å²) in [6.07, 6.45) is -2.73. The van der Waals surface area contributed by atoms with Crippen molar-refractivity contribution in [3.8, 4) is 11.3 Å². The number of cyclic esters (lactones) is 1. The molecule has 0 spiro atoms. The summed E-state index contributed by atoms with van der Waals surface area (Å²) >= 11 is 0. The van der Waals surface area contributed by atoms with E-state index in [4.69, 9.17) is 9.26 Å². The van der Waals surface area contributed by atoms with Gasteiger partial charge >= 0.3 is 12.3 Å². The molecule has 10 heteroatoms. The summed E-state index contributed by atoms with van der Waals surface area (Å²) < 4.78 is 50.8. The quantitative estimate of drug-likeness (QED) is 0.568. The fourth-order valence-electron chi connectivity index (χ4n) is 4.71. The first-order valence-corrected chi connectivity index (χ1v) is 11.2. The number of alkyl halides is 3. The molecular formula is C25H22F3N3O4. The van der Waals surface area contributed by atoms with E-state index in [0.717, 1.165) is 22.8 Å². The standard InChI is InChI=1S/C25H22F3N3O4/c1-14(32)29-11-19-13-31(24(33)34-19)18-6-8-21-16(10-18)5-7-20(22-12-30-35-23(21)22)15-3-2-4-17(9-15)25(26,27)28/h2-4,6,8-10,12,19-20H,5,7,11,13H2,1H3,(H,29,32). The molecule has 1 N–H and O–H groups in total. The summed E-state index contributed by atoms with van der Waals surface area (Å²) in [6, 6.07) is 10.8. The molecule has 7 nitrogen and oxygen atoms in total. The molecule has 182 valence electrons. The van der Waals surface area contributed by atoms with E-state index in [1.807, 2.05) is 12.1 Å². The average molecular weight is 485 g/mol. The lowest BCUT2D eigenvalue weighted by molar-refractivity contribution is -0.137. The van der Waals surface area contributed by atoms with Crippen LogP contribution < -0.4 is 10.2 Å². The second kappa shape index (κ2) is 8.75. The molecule has 0 radical (unpaired) electrons. The maximum absolute atomic E-state index is 13.3. The molecule has 0 bridgehead atoms. The Morgan fingerprint density at radius 2 is 2.06 bits per heavy atom. The van der Waals surface area contributed by atoms with E-state index in [-0.39, 0.29) is 24.9 Å². The average Bonchev–Trinajstić information content (AvgIpc) is 3.41. The fraction of sp³-hybridized carbons (Fsp3) is 0.320. The van der Waals surface area contributed by atoms with E-state index in [9.17, 15) is 22.8 Å². The number of fused-ring (bicyclic) bond motifs is 3. The third-order valence-electron chi connectivity index (χ3n) is 6.39. The SMILES string of the molecule is CC(=O)NCC1CN(c2ccc3c(c2)CCC(c2cccc(C(F)(F)F)c2)c2cnoc2-3)C(=O)O1. The lowest BCUT2D eigenvalue weighted by atomic mass is 9.88. The number of ether oxygens (including phenoxy) is 1. The van der Waals surface area contributed by atoms with Gasteiger partial charge in [-0.3, -0.25) is 9.69 Å². The highest BCUT2D eigenvalue weighted by atomic mass is 19.4. The van der Waals surface area contributed by atoms with Crippen LogP contribution in [0.3, 0.4) is 0 Å². The number of carbonyl (C=O) groups is 2. The van der Waals surface area contributed by atoms with Gasteiger partial charge < -0.3 is 14.6 Å². The number of benzene rings is 2. The van der Waals surface area contributed by atoms with Crippen LogP contribution in [-0.2, 0) is 22.1 Å². The zero-order chi connectivity index (χ0) is 24.7. The molecule has 1 aliphatic heterocycles. The van der Waals surface area contributed by atoms with E-state index in [1.54, 1.807) is 18.3 Å². The molecule has 5 rings (SSSR count). The number of anilines is 1. The maximum Gasteiger partial charge on any atom is 0.416 e. The van der Waals surface area contributed by atoms with Gasteiger partial charge in [0.25, 0.3) is 0 Å². The Morgan fingerprint density at radius 1 is 1.23 bits per heavy atom.